The van der Waals surface area contributed by atoms with Gasteiger partial charge in [0.05, 0.1) is 16.0 Å². The molecule has 0 saturated heterocycles. The van der Waals surface area contributed by atoms with E-state index in [-0.39, 0.29) is 11.1 Å². The summed E-state index contributed by atoms with van der Waals surface area (Å²) in [6, 6.07) is 3.48. The predicted molar refractivity (Wildman–Crippen MR) is 58.7 cm³/mol. The maximum absolute atomic E-state index is 11.4. The van der Waals surface area contributed by atoms with Gasteiger partial charge in [-0.1, -0.05) is 27.5 Å². The van der Waals surface area contributed by atoms with E-state index in [1.165, 1.54) is 0 Å². The van der Waals surface area contributed by atoms with Crippen LogP contribution in [0.2, 0.25) is 5.02 Å². The molecule has 0 aromatic heterocycles. The van der Waals surface area contributed by atoms with Gasteiger partial charge in [-0.25, -0.2) is 0 Å². The zero-order valence-corrected chi connectivity index (χ0v) is 9.45. The Balaban J connectivity index is 3.28. The third-order valence-electron chi connectivity index (χ3n) is 1.67. The predicted octanol–water partition coefficient (Wildman–Crippen LogP) is 2.81. The number of aryl methyl sites for hydroxylation is 1. The lowest BCUT2D eigenvalue weighted by Crippen LogP contribution is -2.03. The number of benzene rings is 1. The van der Waals surface area contributed by atoms with Crippen molar-refractivity contribution < 1.29 is 4.79 Å². The van der Waals surface area contributed by atoms with E-state index in [0.29, 0.717) is 16.3 Å². The lowest BCUT2D eigenvalue weighted by molar-refractivity contribution is 0.102. The first-order chi connectivity index (χ1) is 6.06. The Bertz CT molecular complexity index is 352. The topological polar surface area (TPSA) is 43.1 Å². The van der Waals surface area contributed by atoms with Crippen LogP contribution in [0.4, 0.5) is 5.69 Å². The van der Waals surface area contributed by atoms with Crippen molar-refractivity contribution in [2.75, 3.05) is 11.1 Å². The van der Waals surface area contributed by atoms with Crippen LogP contribution in [0.5, 0.6) is 0 Å². The van der Waals surface area contributed by atoms with Crippen LogP contribution in [0.25, 0.3) is 0 Å². The van der Waals surface area contributed by atoms with Crippen LogP contribution in [-0.2, 0) is 0 Å². The van der Waals surface area contributed by atoms with Gasteiger partial charge in [0.25, 0.3) is 0 Å². The molecule has 1 rings (SSSR count). The number of ketones is 1. The minimum Gasteiger partial charge on any atom is -0.397 e. The normalized spacial score (nSPS) is 10.1. The van der Waals surface area contributed by atoms with E-state index < -0.39 is 0 Å². The van der Waals surface area contributed by atoms with E-state index >= 15 is 0 Å². The van der Waals surface area contributed by atoms with Crippen LogP contribution in [0.1, 0.15) is 15.9 Å². The second-order valence-electron chi connectivity index (χ2n) is 2.77. The SMILES string of the molecule is Cc1cc(N)c(Cl)c(C(=O)CBr)c1. The molecule has 0 amide bonds. The number of hydrogen-bond acceptors (Lipinski definition) is 2. The lowest BCUT2D eigenvalue weighted by Gasteiger charge is -2.05. The highest BCUT2D eigenvalue weighted by atomic mass is 79.9. The molecule has 0 heterocycles. The van der Waals surface area contributed by atoms with E-state index in [1.54, 1.807) is 12.1 Å². The fourth-order valence-electron chi connectivity index (χ4n) is 1.07. The summed E-state index contributed by atoms with van der Waals surface area (Å²) in [5.74, 6) is -0.0552. The van der Waals surface area contributed by atoms with Crippen LogP contribution in [0.3, 0.4) is 0 Å². The zero-order valence-electron chi connectivity index (χ0n) is 7.10. The van der Waals surface area contributed by atoms with Crippen molar-refractivity contribution in [3.05, 3.63) is 28.3 Å². The van der Waals surface area contributed by atoms with Crippen LogP contribution in [0, 0.1) is 6.92 Å². The summed E-state index contributed by atoms with van der Waals surface area (Å²) in [6.07, 6.45) is 0. The molecule has 0 saturated carbocycles. The molecule has 0 spiro atoms. The molecule has 2 nitrogen and oxygen atoms in total. The lowest BCUT2D eigenvalue weighted by atomic mass is 10.1. The Morgan fingerprint density at radius 3 is 2.77 bits per heavy atom. The van der Waals surface area contributed by atoms with E-state index in [4.69, 9.17) is 17.3 Å². The number of halogens is 2. The number of carbonyl (C=O) groups excluding carboxylic acids is 1. The summed E-state index contributed by atoms with van der Waals surface area (Å²) in [6.45, 7) is 1.87. The van der Waals surface area contributed by atoms with Gasteiger partial charge in [-0.2, -0.15) is 0 Å². The molecule has 1 aromatic rings. The monoisotopic (exact) mass is 261 g/mol. The Hall–Kier alpha value is -0.540. The van der Waals surface area contributed by atoms with Gasteiger partial charge < -0.3 is 5.73 Å². The summed E-state index contributed by atoms with van der Waals surface area (Å²) < 4.78 is 0. The number of hydrogen-bond donors (Lipinski definition) is 1. The Kier molecular flexibility index (Phi) is 3.33. The molecule has 0 fully saturated rings. The number of anilines is 1. The van der Waals surface area contributed by atoms with Crippen molar-refractivity contribution in [1.82, 2.24) is 0 Å². The molecular formula is C9H9BrClNO. The molecule has 0 unspecified atom stereocenters. The van der Waals surface area contributed by atoms with Crippen LogP contribution in [0.15, 0.2) is 12.1 Å². The Morgan fingerprint density at radius 2 is 2.23 bits per heavy atom. The van der Waals surface area contributed by atoms with Gasteiger partial charge >= 0.3 is 0 Å². The first-order valence-corrected chi connectivity index (χ1v) is 5.21. The molecule has 0 aliphatic carbocycles. The maximum atomic E-state index is 11.4. The minimum atomic E-state index is -0.0552. The second kappa shape index (κ2) is 4.11. The van der Waals surface area contributed by atoms with Crippen LogP contribution < -0.4 is 5.73 Å². The number of nitrogen functional groups attached to an aromatic ring is 1. The molecule has 2 N–H and O–H groups in total. The minimum absolute atomic E-state index is 0.0552. The quantitative estimate of drug-likeness (QED) is 0.506. The third-order valence-corrected chi connectivity index (χ3v) is 2.60. The molecule has 0 bridgehead atoms. The first kappa shape index (κ1) is 10.5. The van der Waals surface area contributed by atoms with Gasteiger partial charge in [0.2, 0.25) is 0 Å². The van der Waals surface area contributed by atoms with E-state index in [2.05, 4.69) is 15.9 Å². The van der Waals surface area contributed by atoms with Gasteiger partial charge in [0, 0.05) is 5.56 Å². The van der Waals surface area contributed by atoms with Crippen LogP contribution in [-0.4, -0.2) is 11.1 Å². The largest absolute Gasteiger partial charge is 0.397 e. The van der Waals surface area contributed by atoms with Crippen molar-refractivity contribution in [2.45, 2.75) is 6.92 Å². The molecule has 0 atom stereocenters. The second-order valence-corrected chi connectivity index (χ2v) is 3.71. The number of rotatable bonds is 2. The standard InChI is InChI=1S/C9H9BrClNO/c1-5-2-6(8(13)4-10)9(11)7(12)3-5/h2-3H,4,12H2,1H3. The van der Waals surface area contributed by atoms with E-state index in [9.17, 15) is 4.79 Å². The molecule has 70 valence electrons. The summed E-state index contributed by atoms with van der Waals surface area (Å²) in [4.78, 5) is 11.4. The van der Waals surface area contributed by atoms with E-state index in [1.807, 2.05) is 6.92 Å². The highest BCUT2D eigenvalue weighted by molar-refractivity contribution is 9.09. The van der Waals surface area contributed by atoms with E-state index in [0.717, 1.165) is 5.56 Å². The highest BCUT2D eigenvalue weighted by Crippen LogP contribution is 2.25. The average Bonchev–Trinajstić information content (AvgIpc) is 2.10. The molecular weight excluding hydrogens is 253 g/mol. The Labute approximate surface area is 90.2 Å². The smallest absolute Gasteiger partial charge is 0.174 e. The molecule has 0 aliphatic rings. The summed E-state index contributed by atoms with van der Waals surface area (Å²) in [7, 11) is 0. The third kappa shape index (κ3) is 2.23. The summed E-state index contributed by atoms with van der Waals surface area (Å²) in [5.41, 5.74) is 7.48. The molecule has 13 heavy (non-hydrogen) atoms. The molecule has 1 aromatic carbocycles. The number of carbonyl (C=O) groups is 1. The van der Waals surface area contributed by atoms with Crippen molar-refractivity contribution in [1.29, 1.82) is 0 Å². The number of Topliss-reactive ketones (excluding diaryl/α,β-unsaturated/α-hetero) is 1. The van der Waals surface area contributed by atoms with Gasteiger partial charge in [-0.15, -0.1) is 0 Å². The zero-order chi connectivity index (χ0) is 10.0. The number of alkyl halides is 1. The maximum Gasteiger partial charge on any atom is 0.174 e. The highest BCUT2D eigenvalue weighted by Gasteiger charge is 2.11. The Morgan fingerprint density at radius 1 is 1.62 bits per heavy atom. The fourth-order valence-corrected chi connectivity index (χ4v) is 1.59. The van der Waals surface area contributed by atoms with Gasteiger partial charge in [0.1, 0.15) is 0 Å². The summed E-state index contributed by atoms with van der Waals surface area (Å²) in [5, 5.41) is 0.602. The molecule has 0 radical (unpaired) electrons. The van der Waals surface area contributed by atoms with Gasteiger partial charge in [-0.3, -0.25) is 4.79 Å². The van der Waals surface area contributed by atoms with Crippen molar-refractivity contribution in [3.8, 4) is 0 Å². The molecule has 4 heteroatoms. The average molecular weight is 263 g/mol. The van der Waals surface area contributed by atoms with Gasteiger partial charge in [0.15, 0.2) is 5.78 Å². The molecule has 0 aliphatic heterocycles. The van der Waals surface area contributed by atoms with Crippen molar-refractivity contribution >= 4 is 39.0 Å². The van der Waals surface area contributed by atoms with Crippen molar-refractivity contribution in [3.63, 3.8) is 0 Å². The van der Waals surface area contributed by atoms with Crippen LogP contribution >= 0.6 is 27.5 Å². The number of nitrogens with two attached hydrogens (primary N) is 1. The van der Waals surface area contributed by atoms with Crippen molar-refractivity contribution in [2.24, 2.45) is 0 Å². The van der Waals surface area contributed by atoms with Gasteiger partial charge in [-0.05, 0) is 24.6 Å². The first-order valence-electron chi connectivity index (χ1n) is 3.71. The fraction of sp³-hybridized carbons (Fsp3) is 0.222. The summed E-state index contributed by atoms with van der Waals surface area (Å²) >= 11 is 8.96.